The van der Waals surface area contributed by atoms with Crippen LogP contribution in [0.15, 0.2) is 18.2 Å². The molecule has 0 aliphatic heterocycles. The van der Waals surface area contributed by atoms with Crippen molar-refractivity contribution in [1.29, 1.82) is 0 Å². The fourth-order valence-corrected chi connectivity index (χ4v) is 3.40. The van der Waals surface area contributed by atoms with Gasteiger partial charge in [0.05, 0.1) is 10.5 Å². The predicted octanol–water partition coefficient (Wildman–Crippen LogP) is 4.79. The monoisotopic (exact) mass is 417 g/mol. The minimum absolute atomic E-state index is 0.233. The molecule has 1 aromatic carbocycles. The third kappa shape index (κ3) is 5.12. The highest BCUT2D eigenvalue weighted by Gasteiger charge is 2.46. The van der Waals surface area contributed by atoms with Crippen molar-refractivity contribution in [2.75, 3.05) is 0 Å². The number of ketones is 2. The number of hydrogen-bond acceptors (Lipinski definition) is 6. The lowest BCUT2D eigenvalue weighted by Crippen LogP contribution is -2.38. The Bertz CT molecular complexity index is 859. The molecular weight excluding hydrogens is 386 g/mol. The van der Waals surface area contributed by atoms with Gasteiger partial charge in [0.15, 0.2) is 17.5 Å². The Morgan fingerprint density at radius 3 is 2.13 bits per heavy atom. The summed E-state index contributed by atoms with van der Waals surface area (Å²) in [5.74, 6) is -4.37. The third-order valence-corrected chi connectivity index (χ3v) is 5.89. The first kappa shape index (κ1) is 23.7. The number of Topliss-reactive ketones (excluding diaryl/α,β-unsaturated/α-hetero) is 2. The zero-order chi connectivity index (χ0) is 22.9. The molecular formula is C23H31NO6. The van der Waals surface area contributed by atoms with Gasteiger partial charge in [0.25, 0.3) is 5.69 Å². The lowest BCUT2D eigenvalue weighted by molar-refractivity contribution is -0.385. The van der Waals surface area contributed by atoms with Crippen molar-refractivity contribution >= 4 is 23.2 Å². The van der Waals surface area contributed by atoms with E-state index < -0.39 is 34.0 Å². The van der Waals surface area contributed by atoms with Crippen LogP contribution in [-0.4, -0.2) is 28.1 Å². The van der Waals surface area contributed by atoms with Crippen LogP contribution in [0.5, 0.6) is 0 Å². The molecule has 1 unspecified atom stereocenters. The van der Waals surface area contributed by atoms with E-state index in [9.17, 15) is 24.5 Å². The molecule has 1 aliphatic rings. The van der Waals surface area contributed by atoms with Crippen LogP contribution >= 0.6 is 0 Å². The third-order valence-electron chi connectivity index (χ3n) is 5.89. The second-order valence-corrected chi connectivity index (χ2v) is 9.26. The van der Waals surface area contributed by atoms with Gasteiger partial charge in [-0.1, -0.05) is 26.8 Å². The topological polar surface area (TPSA) is 104 Å². The maximum Gasteiger partial charge on any atom is 0.325 e. The van der Waals surface area contributed by atoms with Crippen LogP contribution in [0.2, 0.25) is 0 Å². The second kappa shape index (κ2) is 8.66. The molecule has 7 nitrogen and oxygen atoms in total. The summed E-state index contributed by atoms with van der Waals surface area (Å²) in [6, 6.07) is 4.45. The molecule has 164 valence electrons. The van der Waals surface area contributed by atoms with Crippen molar-refractivity contribution in [3.05, 3.63) is 39.4 Å². The fourth-order valence-electron chi connectivity index (χ4n) is 3.40. The molecule has 0 radical (unpaired) electrons. The molecule has 1 atom stereocenters. The number of rotatable bonds is 9. The summed E-state index contributed by atoms with van der Waals surface area (Å²) >= 11 is 0. The van der Waals surface area contributed by atoms with Crippen molar-refractivity contribution in [2.24, 2.45) is 11.8 Å². The van der Waals surface area contributed by atoms with E-state index in [1.54, 1.807) is 26.8 Å². The quantitative estimate of drug-likeness (QED) is 0.188. The summed E-state index contributed by atoms with van der Waals surface area (Å²) in [4.78, 5) is 49.9. The zero-order valence-electron chi connectivity index (χ0n) is 18.6. The van der Waals surface area contributed by atoms with Crippen molar-refractivity contribution in [3.8, 4) is 0 Å². The molecule has 0 aromatic heterocycles. The average molecular weight is 418 g/mol. The second-order valence-electron chi connectivity index (χ2n) is 9.26. The van der Waals surface area contributed by atoms with Gasteiger partial charge in [-0.15, -0.1) is 0 Å². The maximum absolute atomic E-state index is 13.2. The zero-order valence-corrected chi connectivity index (χ0v) is 18.6. The summed E-state index contributed by atoms with van der Waals surface area (Å²) in [6.45, 7) is 10.9. The number of carbonyl (C=O) groups excluding carboxylic acids is 3. The van der Waals surface area contributed by atoms with Gasteiger partial charge < -0.3 is 4.74 Å². The number of benzene rings is 1. The normalized spacial score (nSPS) is 15.4. The molecule has 1 aromatic rings. The van der Waals surface area contributed by atoms with E-state index in [1.165, 1.54) is 12.1 Å². The van der Waals surface area contributed by atoms with E-state index in [0.717, 1.165) is 18.4 Å². The van der Waals surface area contributed by atoms with Crippen LogP contribution in [0.25, 0.3) is 0 Å². The highest BCUT2D eigenvalue weighted by atomic mass is 16.6. The number of ether oxygens (including phenoxy) is 1. The van der Waals surface area contributed by atoms with E-state index in [0.29, 0.717) is 12.8 Å². The fraction of sp³-hybridized carbons (Fsp3) is 0.609. The standard InChI is InChI=1S/C23H31NO6/c1-7-23(6,8-2)15-11-12-16(17(13-15)24(28)29)20(26)18(19(25)14-9-10-14)21(27)30-22(3,4)5/h11-14,18H,7-10H2,1-6H3. The highest BCUT2D eigenvalue weighted by Crippen LogP contribution is 2.37. The molecule has 0 N–H and O–H groups in total. The largest absolute Gasteiger partial charge is 0.459 e. The molecule has 7 heteroatoms. The first-order valence-corrected chi connectivity index (χ1v) is 10.4. The molecule has 0 spiro atoms. The van der Waals surface area contributed by atoms with Gasteiger partial charge in [0, 0.05) is 12.0 Å². The van der Waals surface area contributed by atoms with E-state index >= 15 is 0 Å². The Morgan fingerprint density at radius 2 is 1.70 bits per heavy atom. The van der Waals surface area contributed by atoms with Gasteiger partial charge in [-0.25, -0.2) is 0 Å². The van der Waals surface area contributed by atoms with Crippen LogP contribution in [0.1, 0.15) is 83.1 Å². The van der Waals surface area contributed by atoms with E-state index in [2.05, 4.69) is 0 Å². The van der Waals surface area contributed by atoms with Gasteiger partial charge in [-0.05, 0) is 63.5 Å². The summed E-state index contributed by atoms with van der Waals surface area (Å²) in [5, 5.41) is 11.8. The lowest BCUT2D eigenvalue weighted by Gasteiger charge is -2.27. The smallest absolute Gasteiger partial charge is 0.325 e. The molecule has 30 heavy (non-hydrogen) atoms. The number of hydrogen-bond donors (Lipinski definition) is 0. The molecule has 0 saturated heterocycles. The van der Waals surface area contributed by atoms with Crippen LogP contribution in [-0.2, 0) is 19.7 Å². The number of esters is 1. The van der Waals surface area contributed by atoms with Crippen LogP contribution in [0.4, 0.5) is 5.69 Å². The minimum Gasteiger partial charge on any atom is -0.459 e. The Kier molecular flexibility index (Phi) is 6.84. The SMILES string of the molecule is CCC(C)(CC)c1ccc(C(=O)C(C(=O)OC(C)(C)C)C(=O)C2CC2)c([N+](=O)[O-])c1. The lowest BCUT2D eigenvalue weighted by atomic mass is 9.77. The van der Waals surface area contributed by atoms with Crippen LogP contribution < -0.4 is 0 Å². The number of carbonyl (C=O) groups is 3. The summed E-state index contributed by atoms with van der Waals surface area (Å²) in [5.41, 5.74) is -1.04. The van der Waals surface area contributed by atoms with Crippen molar-refractivity contribution in [2.45, 2.75) is 78.2 Å². The van der Waals surface area contributed by atoms with E-state index in [-0.39, 0.29) is 22.6 Å². The van der Waals surface area contributed by atoms with Crippen molar-refractivity contribution in [3.63, 3.8) is 0 Å². The Hall–Kier alpha value is -2.57. The molecule has 2 rings (SSSR count). The molecule has 0 amide bonds. The molecule has 1 aliphatic carbocycles. The molecule has 1 saturated carbocycles. The van der Waals surface area contributed by atoms with E-state index in [1.807, 2.05) is 20.8 Å². The molecule has 0 heterocycles. The highest BCUT2D eigenvalue weighted by molar-refractivity contribution is 6.24. The maximum atomic E-state index is 13.2. The Balaban J connectivity index is 2.52. The molecule has 1 fully saturated rings. The van der Waals surface area contributed by atoms with Crippen molar-refractivity contribution < 1.29 is 24.0 Å². The first-order chi connectivity index (χ1) is 13.8. The van der Waals surface area contributed by atoms with E-state index in [4.69, 9.17) is 4.74 Å². The number of nitro benzene ring substituents is 1. The average Bonchev–Trinajstić information content (AvgIpc) is 3.50. The van der Waals surface area contributed by atoms with Gasteiger partial charge in [0.2, 0.25) is 0 Å². The van der Waals surface area contributed by atoms with Crippen LogP contribution in [0.3, 0.4) is 0 Å². The van der Waals surface area contributed by atoms with Gasteiger partial charge in [-0.3, -0.25) is 24.5 Å². The summed E-state index contributed by atoms with van der Waals surface area (Å²) < 4.78 is 5.30. The Labute approximate surface area is 177 Å². The van der Waals surface area contributed by atoms with Crippen LogP contribution in [0, 0.1) is 22.0 Å². The van der Waals surface area contributed by atoms with Gasteiger partial charge >= 0.3 is 5.97 Å². The number of nitrogens with zero attached hydrogens (tertiary/aromatic N) is 1. The number of nitro groups is 1. The van der Waals surface area contributed by atoms with Crippen molar-refractivity contribution in [1.82, 2.24) is 0 Å². The summed E-state index contributed by atoms with van der Waals surface area (Å²) in [7, 11) is 0. The molecule has 0 bridgehead atoms. The Morgan fingerprint density at radius 1 is 1.13 bits per heavy atom. The minimum atomic E-state index is -1.68. The first-order valence-electron chi connectivity index (χ1n) is 10.4. The van der Waals surface area contributed by atoms with Gasteiger partial charge in [-0.2, -0.15) is 0 Å². The van der Waals surface area contributed by atoms with Gasteiger partial charge in [0.1, 0.15) is 5.60 Å². The summed E-state index contributed by atoms with van der Waals surface area (Å²) in [6.07, 6.45) is 2.76. The predicted molar refractivity (Wildman–Crippen MR) is 112 cm³/mol.